The maximum Gasteiger partial charge on any atom is 0.144 e. The lowest BCUT2D eigenvalue weighted by molar-refractivity contribution is 1.11. The van der Waals surface area contributed by atoms with E-state index in [4.69, 9.17) is 23.2 Å². The lowest BCUT2D eigenvalue weighted by Gasteiger charge is -2.19. The largest absolute Gasteiger partial charge is 0.329 e. The average Bonchev–Trinajstić information content (AvgIpc) is 2.46. The Morgan fingerprint density at radius 1 is 0.905 bits per heavy atom. The lowest BCUT2D eigenvalue weighted by Crippen LogP contribution is -2.11. The van der Waals surface area contributed by atoms with Gasteiger partial charge >= 0.3 is 0 Å². The van der Waals surface area contributed by atoms with Crippen molar-refractivity contribution in [1.29, 1.82) is 0 Å². The Bertz CT molecular complexity index is 760. The molecular formula is C15H12Cl3N3. The highest BCUT2D eigenvalue weighted by atomic mass is 35.5. The molecule has 0 N–H and O–H groups in total. The molecule has 108 valence electrons. The zero-order valence-electron chi connectivity index (χ0n) is 11.1. The standard InChI is InChI=1S/C15H11Cl2N3.ClH/c1-20(12-5-2-10(16)3-6-12)15-13-7-4-11(17)8-14(13)18-9-19-15;/h2-9H,1H3;1H. The highest BCUT2D eigenvalue weighted by molar-refractivity contribution is 6.31. The fourth-order valence-electron chi connectivity index (χ4n) is 2.07. The minimum atomic E-state index is 0. The van der Waals surface area contributed by atoms with Crippen molar-refractivity contribution in [2.24, 2.45) is 0 Å². The van der Waals surface area contributed by atoms with E-state index in [1.807, 2.05) is 54.4 Å². The van der Waals surface area contributed by atoms with Crippen LogP contribution >= 0.6 is 35.6 Å². The second-order valence-corrected chi connectivity index (χ2v) is 5.27. The van der Waals surface area contributed by atoms with Gasteiger partial charge in [0.05, 0.1) is 5.52 Å². The van der Waals surface area contributed by atoms with Crippen LogP contribution < -0.4 is 4.90 Å². The van der Waals surface area contributed by atoms with Crippen LogP contribution in [-0.2, 0) is 0 Å². The zero-order chi connectivity index (χ0) is 14.1. The number of anilines is 2. The molecule has 0 unspecified atom stereocenters. The summed E-state index contributed by atoms with van der Waals surface area (Å²) < 4.78 is 0. The van der Waals surface area contributed by atoms with Crippen molar-refractivity contribution in [3.8, 4) is 0 Å². The molecule has 3 aromatic rings. The van der Waals surface area contributed by atoms with Gasteiger partial charge in [0.2, 0.25) is 0 Å². The van der Waals surface area contributed by atoms with Crippen LogP contribution in [0.5, 0.6) is 0 Å². The smallest absolute Gasteiger partial charge is 0.144 e. The van der Waals surface area contributed by atoms with E-state index in [9.17, 15) is 0 Å². The van der Waals surface area contributed by atoms with E-state index in [1.54, 1.807) is 6.33 Å². The fourth-order valence-corrected chi connectivity index (χ4v) is 2.36. The van der Waals surface area contributed by atoms with E-state index in [1.165, 1.54) is 0 Å². The van der Waals surface area contributed by atoms with Crippen LogP contribution in [-0.4, -0.2) is 17.0 Å². The summed E-state index contributed by atoms with van der Waals surface area (Å²) in [6.07, 6.45) is 1.54. The van der Waals surface area contributed by atoms with E-state index in [0.29, 0.717) is 10.0 Å². The highest BCUT2D eigenvalue weighted by Gasteiger charge is 2.10. The number of fused-ring (bicyclic) bond motifs is 1. The van der Waals surface area contributed by atoms with Gasteiger partial charge in [-0.05, 0) is 42.5 Å². The van der Waals surface area contributed by atoms with Crippen LogP contribution in [0, 0.1) is 0 Å². The van der Waals surface area contributed by atoms with Gasteiger partial charge in [-0.25, -0.2) is 9.97 Å². The number of rotatable bonds is 2. The van der Waals surface area contributed by atoms with Crippen molar-refractivity contribution >= 4 is 58.0 Å². The normalized spacial score (nSPS) is 10.2. The summed E-state index contributed by atoms with van der Waals surface area (Å²) in [4.78, 5) is 10.6. The molecule has 0 aliphatic heterocycles. The molecule has 21 heavy (non-hydrogen) atoms. The fraction of sp³-hybridized carbons (Fsp3) is 0.0667. The number of hydrogen-bond donors (Lipinski definition) is 0. The molecule has 0 saturated heterocycles. The number of hydrogen-bond acceptors (Lipinski definition) is 3. The molecule has 1 heterocycles. The third-order valence-electron chi connectivity index (χ3n) is 3.11. The second kappa shape index (κ2) is 6.48. The number of nitrogens with zero attached hydrogens (tertiary/aromatic N) is 3. The third kappa shape index (κ3) is 3.21. The minimum Gasteiger partial charge on any atom is -0.329 e. The van der Waals surface area contributed by atoms with E-state index in [0.717, 1.165) is 22.4 Å². The van der Waals surface area contributed by atoms with E-state index in [-0.39, 0.29) is 12.4 Å². The van der Waals surface area contributed by atoms with Crippen molar-refractivity contribution in [3.05, 3.63) is 58.8 Å². The molecule has 0 amide bonds. The summed E-state index contributed by atoms with van der Waals surface area (Å²) >= 11 is 11.9. The monoisotopic (exact) mass is 339 g/mol. The molecule has 0 fully saturated rings. The minimum absolute atomic E-state index is 0. The maximum atomic E-state index is 6.00. The summed E-state index contributed by atoms with van der Waals surface area (Å²) in [6.45, 7) is 0. The summed E-state index contributed by atoms with van der Waals surface area (Å²) in [7, 11) is 1.96. The van der Waals surface area contributed by atoms with Gasteiger partial charge in [0.1, 0.15) is 12.1 Å². The van der Waals surface area contributed by atoms with Gasteiger partial charge in [0.15, 0.2) is 0 Å². The van der Waals surface area contributed by atoms with Crippen molar-refractivity contribution in [2.75, 3.05) is 11.9 Å². The molecule has 3 nitrogen and oxygen atoms in total. The highest BCUT2D eigenvalue weighted by Crippen LogP contribution is 2.29. The van der Waals surface area contributed by atoms with Gasteiger partial charge in [0, 0.05) is 28.2 Å². The van der Waals surface area contributed by atoms with E-state index < -0.39 is 0 Å². The zero-order valence-corrected chi connectivity index (χ0v) is 13.5. The lowest BCUT2D eigenvalue weighted by atomic mass is 10.2. The summed E-state index contributed by atoms with van der Waals surface area (Å²) in [5.41, 5.74) is 1.83. The Hall–Kier alpha value is -1.55. The first kappa shape index (κ1) is 15.8. The first-order valence-corrected chi connectivity index (χ1v) is 6.80. The Labute approximate surface area is 138 Å². The van der Waals surface area contributed by atoms with Crippen LogP contribution in [0.1, 0.15) is 0 Å². The molecule has 0 saturated carbocycles. The first-order valence-electron chi connectivity index (χ1n) is 6.05. The van der Waals surface area contributed by atoms with E-state index in [2.05, 4.69) is 9.97 Å². The van der Waals surface area contributed by atoms with Gasteiger partial charge in [-0.1, -0.05) is 23.2 Å². The van der Waals surface area contributed by atoms with Gasteiger partial charge in [0.25, 0.3) is 0 Å². The van der Waals surface area contributed by atoms with Crippen molar-refractivity contribution < 1.29 is 0 Å². The van der Waals surface area contributed by atoms with Crippen LogP contribution in [0.4, 0.5) is 11.5 Å². The number of halogens is 3. The van der Waals surface area contributed by atoms with Gasteiger partial charge < -0.3 is 4.90 Å². The average molecular weight is 341 g/mol. The quantitative estimate of drug-likeness (QED) is 0.648. The Morgan fingerprint density at radius 2 is 1.57 bits per heavy atom. The molecule has 0 atom stereocenters. The molecule has 0 bridgehead atoms. The van der Waals surface area contributed by atoms with Crippen molar-refractivity contribution in [3.63, 3.8) is 0 Å². The van der Waals surface area contributed by atoms with Crippen LogP contribution in [0.25, 0.3) is 10.9 Å². The molecule has 1 aromatic heterocycles. The van der Waals surface area contributed by atoms with Gasteiger partial charge in [-0.3, -0.25) is 0 Å². The maximum absolute atomic E-state index is 6.00. The molecule has 0 aliphatic carbocycles. The SMILES string of the molecule is CN(c1ccc(Cl)cc1)c1ncnc2cc(Cl)ccc12.Cl. The molecule has 0 spiro atoms. The Morgan fingerprint density at radius 3 is 2.29 bits per heavy atom. The van der Waals surface area contributed by atoms with Gasteiger partial charge in [-0.2, -0.15) is 0 Å². The predicted octanol–water partition coefficient (Wildman–Crippen LogP) is 5.13. The molecule has 6 heteroatoms. The number of benzene rings is 2. The third-order valence-corrected chi connectivity index (χ3v) is 3.60. The Kier molecular flexibility index (Phi) is 4.88. The summed E-state index contributed by atoms with van der Waals surface area (Å²) in [5.74, 6) is 0.828. The molecule has 3 rings (SSSR count). The van der Waals surface area contributed by atoms with Crippen molar-refractivity contribution in [1.82, 2.24) is 9.97 Å². The topological polar surface area (TPSA) is 29.0 Å². The number of aromatic nitrogens is 2. The molecule has 0 radical (unpaired) electrons. The van der Waals surface area contributed by atoms with Crippen molar-refractivity contribution in [2.45, 2.75) is 0 Å². The van der Waals surface area contributed by atoms with Crippen LogP contribution in [0.15, 0.2) is 48.8 Å². The predicted molar refractivity (Wildman–Crippen MR) is 91.3 cm³/mol. The van der Waals surface area contributed by atoms with Crippen LogP contribution in [0.3, 0.4) is 0 Å². The van der Waals surface area contributed by atoms with Crippen LogP contribution in [0.2, 0.25) is 10.0 Å². The summed E-state index contributed by atoms with van der Waals surface area (Å²) in [6, 6.07) is 13.2. The van der Waals surface area contributed by atoms with E-state index >= 15 is 0 Å². The second-order valence-electron chi connectivity index (χ2n) is 4.39. The first-order chi connectivity index (χ1) is 9.65. The van der Waals surface area contributed by atoms with Gasteiger partial charge in [-0.15, -0.1) is 12.4 Å². The Balaban J connectivity index is 0.00000161. The summed E-state index contributed by atoms with van der Waals surface area (Å²) in [5, 5.41) is 2.33. The molecule has 2 aromatic carbocycles. The molecule has 0 aliphatic rings. The molecular weight excluding hydrogens is 329 g/mol.